The Morgan fingerprint density at radius 1 is 0.875 bits per heavy atom. The van der Waals surface area contributed by atoms with E-state index in [2.05, 4.69) is 0 Å². The number of rotatable bonds is 8. The average Bonchev–Trinajstić information content (AvgIpc) is 2.92. The van der Waals surface area contributed by atoms with Gasteiger partial charge in [-0.1, -0.05) is 54.6 Å². The number of halogens is 1. The number of hydrogen-bond donors (Lipinski definition) is 3. The van der Waals surface area contributed by atoms with E-state index in [0.29, 0.717) is 34.4 Å². The number of β-lactam (4-membered cyclic amide) rings is 1. The van der Waals surface area contributed by atoms with Crippen LogP contribution in [0.1, 0.15) is 36.1 Å². The molecule has 1 heterocycles. The number of phenols is 1. The first-order chi connectivity index (χ1) is 18.6. The first-order valence-corrected chi connectivity index (χ1v) is 13.8. The summed E-state index contributed by atoms with van der Waals surface area (Å²) in [5.41, 5.74) is 2.75. The summed E-state index contributed by atoms with van der Waals surface area (Å²) in [6, 6.07) is 24.8. The molecule has 4 aromatic carbocycles. The number of carbonyl (C=O) groups is 1. The van der Waals surface area contributed by atoms with Crippen LogP contribution in [0, 0.1) is 11.7 Å². The van der Waals surface area contributed by atoms with Crippen LogP contribution in [-0.4, -0.2) is 58.6 Å². The van der Waals surface area contributed by atoms with E-state index in [4.69, 9.17) is 0 Å². The normalized spacial score (nSPS) is 17.6. The molecule has 202 valence electrons. The molecule has 0 aliphatic carbocycles. The third-order valence-corrected chi connectivity index (χ3v) is 7.92. The van der Waals surface area contributed by atoms with Crippen molar-refractivity contribution >= 4 is 51.3 Å². The first kappa shape index (κ1) is 29.9. The molecule has 10 heteroatoms. The molecule has 0 radical (unpaired) electrons. The van der Waals surface area contributed by atoms with E-state index in [1.165, 1.54) is 48.5 Å². The Morgan fingerprint density at radius 2 is 1.55 bits per heavy atom. The number of aromatic hydroxyl groups is 1. The molecule has 0 unspecified atom stereocenters. The van der Waals surface area contributed by atoms with Crippen LogP contribution in [-0.2, 0) is 14.9 Å². The van der Waals surface area contributed by atoms with E-state index >= 15 is 0 Å². The summed E-state index contributed by atoms with van der Waals surface area (Å²) in [5, 5.41) is 21.7. The molecule has 1 saturated heterocycles. The molecule has 3 atom stereocenters. The van der Waals surface area contributed by atoms with Crippen LogP contribution < -0.4 is 4.90 Å². The SMILES string of the molecule is O=C1[C@H](CC[C@@H](O)c2ccc(F)cc2)[C@@H](c2ccc(-c3cccc(S(=O)(=O)O)c3)cc2O)N1c1ccccc1.[NaH]. The third-order valence-electron chi connectivity index (χ3n) is 7.07. The Morgan fingerprint density at radius 3 is 2.20 bits per heavy atom. The van der Waals surface area contributed by atoms with Gasteiger partial charge >= 0.3 is 29.6 Å². The third kappa shape index (κ3) is 6.15. The summed E-state index contributed by atoms with van der Waals surface area (Å²) >= 11 is 0. The van der Waals surface area contributed by atoms with E-state index in [1.807, 2.05) is 18.2 Å². The molecule has 0 aromatic heterocycles. The molecule has 3 N–H and O–H groups in total. The van der Waals surface area contributed by atoms with Gasteiger partial charge in [0.05, 0.1) is 23.0 Å². The number of amides is 1. The van der Waals surface area contributed by atoms with E-state index < -0.39 is 34.0 Å². The number of benzene rings is 4. The zero-order valence-electron chi connectivity index (χ0n) is 20.7. The number of hydrogen-bond acceptors (Lipinski definition) is 5. The molecule has 1 fully saturated rings. The number of anilines is 1. The fourth-order valence-electron chi connectivity index (χ4n) is 5.06. The maximum absolute atomic E-state index is 13.3. The van der Waals surface area contributed by atoms with Crippen molar-refractivity contribution in [1.29, 1.82) is 0 Å². The number of aliphatic hydroxyl groups excluding tert-OH is 1. The van der Waals surface area contributed by atoms with Gasteiger partial charge in [-0.2, -0.15) is 8.42 Å². The number of nitrogens with zero attached hydrogens (tertiary/aromatic N) is 1. The maximum atomic E-state index is 13.3. The van der Waals surface area contributed by atoms with Gasteiger partial charge in [0.15, 0.2) is 0 Å². The molecular weight excluding hydrogens is 544 g/mol. The molecule has 0 spiro atoms. The summed E-state index contributed by atoms with van der Waals surface area (Å²) in [5.74, 6) is -1.13. The van der Waals surface area contributed by atoms with Crippen molar-refractivity contribution < 1.29 is 32.4 Å². The van der Waals surface area contributed by atoms with Gasteiger partial charge in [-0.3, -0.25) is 9.35 Å². The summed E-state index contributed by atoms with van der Waals surface area (Å²) < 4.78 is 45.8. The molecule has 1 aliphatic rings. The quantitative estimate of drug-likeness (QED) is 0.156. The summed E-state index contributed by atoms with van der Waals surface area (Å²) in [7, 11) is -4.39. The second kappa shape index (κ2) is 12.2. The molecule has 1 amide bonds. The van der Waals surface area contributed by atoms with Crippen LogP contribution in [0.3, 0.4) is 0 Å². The molecule has 4 aromatic rings. The van der Waals surface area contributed by atoms with E-state index in [0.717, 1.165) is 0 Å². The zero-order valence-corrected chi connectivity index (χ0v) is 21.5. The number of aliphatic hydroxyl groups is 1. The van der Waals surface area contributed by atoms with Gasteiger partial charge in [-0.15, -0.1) is 0 Å². The van der Waals surface area contributed by atoms with Crippen molar-refractivity contribution in [1.82, 2.24) is 0 Å². The van der Waals surface area contributed by atoms with Gasteiger partial charge in [0.25, 0.3) is 10.1 Å². The van der Waals surface area contributed by atoms with E-state index in [1.54, 1.807) is 35.2 Å². The molecule has 1 aliphatic heterocycles. The van der Waals surface area contributed by atoms with Gasteiger partial charge in [0.1, 0.15) is 11.6 Å². The van der Waals surface area contributed by atoms with E-state index in [-0.39, 0.29) is 52.5 Å². The summed E-state index contributed by atoms with van der Waals surface area (Å²) in [6.07, 6.45) is -0.276. The van der Waals surface area contributed by atoms with Crippen molar-refractivity contribution in [3.63, 3.8) is 0 Å². The van der Waals surface area contributed by atoms with Gasteiger partial charge in [0.2, 0.25) is 5.91 Å². The molecule has 0 saturated carbocycles. The topological polar surface area (TPSA) is 115 Å². The van der Waals surface area contributed by atoms with Crippen molar-refractivity contribution in [3.8, 4) is 16.9 Å². The Labute approximate surface area is 254 Å². The van der Waals surface area contributed by atoms with Crippen molar-refractivity contribution in [2.75, 3.05) is 4.90 Å². The Balaban J connectivity index is 0.00000370. The van der Waals surface area contributed by atoms with Gasteiger partial charge < -0.3 is 15.1 Å². The van der Waals surface area contributed by atoms with E-state index in [9.17, 15) is 32.4 Å². The minimum absolute atomic E-state index is 0. The van der Waals surface area contributed by atoms with Crippen LogP contribution in [0.5, 0.6) is 5.75 Å². The molecule has 40 heavy (non-hydrogen) atoms. The van der Waals surface area contributed by atoms with Crippen LogP contribution in [0.4, 0.5) is 10.1 Å². The average molecular weight is 572 g/mol. The monoisotopic (exact) mass is 571 g/mol. The second-order valence-corrected chi connectivity index (χ2v) is 10.9. The predicted molar refractivity (Wildman–Crippen MR) is 151 cm³/mol. The van der Waals surface area contributed by atoms with Crippen LogP contribution in [0.25, 0.3) is 11.1 Å². The Hall–Kier alpha value is -3.05. The molecule has 0 bridgehead atoms. The first-order valence-electron chi connectivity index (χ1n) is 12.4. The standard InChI is InChI=1S/C30H26FNO6S.Na.H/c31-22-12-9-19(10-13-22)27(33)16-15-26-29(32(30(26)35)23-6-2-1-3-7-23)25-14-11-21(18-28(25)34)20-5-4-8-24(17-20)39(36,37)38;;/h1-14,17-18,26-27,29,33-34H,15-16H2,(H,36,37,38);;/t26-,27-,29-;;/m1../s1. The fraction of sp³-hybridized carbons (Fsp3) is 0.167. The second-order valence-electron chi connectivity index (χ2n) is 9.52. The van der Waals surface area contributed by atoms with Crippen LogP contribution in [0.2, 0.25) is 0 Å². The van der Waals surface area contributed by atoms with Crippen LogP contribution >= 0.6 is 0 Å². The van der Waals surface area contributed by atoms with Gasteiger partial charge in [-0.25, -0.2) is 4.39 Å². The minimum atomic E-state index is -4.39. The van der Waals surface area contributed by atoms with Crippen molar-refractivity contribution in [2.24, 2.45) is 5.92 Å². The Bertz CT molecular complexity index is 1620. The molecular formula is C30H27FNNaO6S. The van der Waals surface area contributed by atoms with Gasteiger partial charge in [-0.05, 0) is 72.0 Å². The summed E-state index contributed by atoms with van der Waals surface area (Å²) in [6.45, 7) is 0. The van der Waals surface area contributed by atoms with Crippen molar-refractivity contribution in [2.45, 2.75) is 29.9 Å². The number of carbonyl (C=O) groups excluding carboxylic acids is 1. The number of phenolic OH excluding ortho intramolecular Hbond substituents is 1. The Kier molecular flexibility index (Phi) is 9.14. The zero-order chi connectivity index (χ0) is 27.7. The predicted octanol–water partition coefficient (Wildman–Crippen LogP) is 5.01. The van der Waals surface area contributed by atoms with Crippen LogP contribution in [0.15, 0.2) is 102 Å². The number of para-hydroxylation sites is 1. The van der Waals surface area contributed by atoms with Crippen molar-refractivity contribution in [3.05, 3.63) is 114 Å². The molecule has 5 rings (SSSR count). The fourth-order valence-corrected chi connectivity index (χ4v) is 5.59. The van der Waals surface area contributed by atoms with Gasteiger partial charge in [0, 0.05) is 11.3 Å². The molecule has 7 nitrogen and oxygen atoms in total. The summed E-state index contributed by atoms with van der Waals surface area (Å²) in [4.78, 5) is 14.7.